The van der Waals surface area contributed by atoms with Gasteiger partial charge in [-0.05, 0) is 255 Å². The third-order valence-electron chi connectivity index (χ3n) is 24.6. The van der Waals surface area contributed by atoms with E-state index in [1.54, 1.807) is 69.3 Å². The summed E-state index contributed by atoms with van der Waals surface area (Å²) in [5.74, 6) is 4.07. The molecule has 3 N–H and O–H groups in total. The van der Waals surface area contributed by atoms with Crippen molar-refractivity contribution in [2.45, 2.75) is 247 Å². The average molecular weight is 1400 g/mol. The molecule has 15 nitrogen and oxygen atoms in total. The molecule has 0 unspecified atom stereocenters. The number of sulfone groups is 3. The molecule has 0 aliphatic heterocycles. The minimum atomic E-state index is -3.51. The zero-order valence-electron chi connectivity index (χ0n) is 57.5. The highest BCUT2D eigenvalue weighted by Gasteiger charge is 2.56. The summed E-state index contributed by atoms with van der Waals surface area (Å²) >= 11 is 0. The Bertz CT molecular complexity index is 3620. The van der Waals surface area contributed by atoms with E-state index in [1.807, 2.05) is 0 Å². The van der Waals surface area contributed by atoms with Gasteiger partial charge in [-0.1, -0.05) is 57.8 Å². The van der Waals surface area contributed by atoms with E-state index in [9.17, 15) is 58.3 Å². The van der Waals surface area contributed by atoms with Crippen molar-refractivity contribution in [2.24, 2.45) is 56.0 Å². The second kappa shape index (κ2) is 30.5. The molecule has 0 aromatic heterocycles. The van der Waals surface area contributed by atoms with Gasteiger partial charge < -0.3 is 25.1 Å². The Morgan fingerprint density at radius 1 is 0.464 bits per heavy atom. The minimum absolute atomic E-state index is 0.0312. The number of ether oxygens (including phenoxy) is 3. The number of benzene rings is 3. The van der Waals surface area contributed by atoms with Crippen LogP contribution in [0.2, 0.25) is 0 Å². The Balaban J connectivity index is 0.000000161. The predicted octanol–water partition coefficient (Wildman–Crippen LogP) is 15.9. The van der Waals surface area contributed by atoms with Gasteiger partial charge >= 0.3 is 5.97 Å². The number of aromatic hydroxyl groups is 1. The van der Waals surface area contributed by atoms with Crippen LogP contribution in [0.15, 0.2) is 111 Å². The van der Waals surface area contributed by atoms with Crippen LogP contribution in [0.3, 0.4) is 0 Å². The molecule has 0 heterocycles. The molecule has 0 amide bonds. The van der Waals surface area contributed by atoms with Gasteiger partial charge in [0, 0.05) is 54.0 Å². The fraction of sp³-hybridized carbons (Fsp3) is 0.662. The number of rotatable bonds is 28. The second-order valence-corrected chi connectivity index (χ2v) is 38.2. The van der Waals surface area contributed by atoms with Crippen LogP contribution in [0.5, 0.6) is 17.2 Å². The highest BCUT2D eigenvalue weighted by Crippen LogP contribution is 2.62. The minimum Gasteiger partial charge on any atom is -0.508 e. The number of ketones is 3. The SMILES string of the molecule is CC(C)(C)OC(=O)CC/C(=C\F)COc1ccc(S(=O)(=O)CC23CCC(C(=O)CC4CCC4)(CC2)CC3)cc1.NC/C(=C\F)COc1ccc(S(=O)(=O)CC23CCC(C(=O)CC4CCC4)(CC2)CC3)cc1.O=C(CC1CCC1)C12CCC(CS(=O)(=O)c3ccc(O)cc3)(CC1)CC2. The lowest BCUT2D eigenvalue weighted by molar-refractivity contribution is -0.154. The predicted molar refractivity (Wildman–Crippen MR) is 369 cm³/mol. The highest BCUT2D eigenvalue weighted by atomic mass is 32.2. The second-order valence-electron chi connectivity index (χ2n) is 32.2. The molecule has 0 saturated heterocycles. The van der Waals surface area contributed by atoms with Gasteiger partial charge in [-0.15, -0.1) is 0 Å². The average Bonchev–Trinajstić information content (AvgIpc) is 0.756. The third-order valence-corrected chi connectivity index (χ3v) is 30.6. The van der Waals surface area contributed by atoms with Crippen LogP contribution in [0.4, 0.5) is 8.78 Å². The van der Waals surface area contributed by atoms with E-state index in [-0.39, 0.29) is 103 Å². The first-order valence-corrected chi connectivity index (χ1v) is 40.9. The van der Waals surface area contributed by atoms with Crippen LogP contribution < -0.4 is 15.2 Å². The van der Waals surface area contributed by atoms with E-state index >= 15 is 0 Å². The standard InChI is InChI=1S/C31H43FO6S.C25H34FNO4S.C21H28O4S/c1-29(2,3)38-28(34)12-7-24(20-32)21-37-25-8-10-26(11-9-25)39(35,36)22-30-13-16-31(17-14-30,18-15-30)27(33)19-23-5-4-6-23;26-15-20(16-27)17-31-21-4-6-22(7-5-21)32(29,30)18-24-8-11-25(12-9-24,13-10-24)23(28)14-19-2-1-3-19;22-17-4-6-18(7-5-17)26(24,25)15-20-8-11-21(12-9-20,13-10-20)19(23)14-16-2-1-3-16/h8-11,20,23H,4-7,12-19,21-22H2,1-3H3;4-7,15,19H,1-3,8-14,16-18,27H2;4-7,16,22H,1-3,8-15H2/b24-20+;20-15+;. The number of fused-ring (bicyclic) bond motifs is 9. The van der Waals surface area contributed by atoms with Gasteiger partial charge in [0.2, 0.25) is 0 Å². The van der Waals surface area contributed by atoms with E-state index in [1.165, 1.54) is 82.1 Å². The van der Waals surface area contributed by atoms with Crippen molar-refractivity contribution in [2.75, 3.05) is 37.0 Å². The zero-order valence-corrected chi connectivity index (χ0v) is 59.9. The number of hydrogen-bond donors (Lipinski definition) is 2. The first kappa shape index (κ1) is 74.4. The van der Waals surface area contributed by atoms with Gasteiger partial charge in [0.25, 0.3) is 0 Å². The zero-order chi connectivity index (χ0) is 69.6. The van der Waals surface area contributed by atoms with E-state index < -0.39 is 41.1 Å². The number of nitrogens with two attached hydrogens (primary N) is 1. The van der Waals surface area contributed by atoms with Gasteiger partial charge in [0.05, 0.1) is 44.6 Å². The molecule has 534 valence electrons. The molecule has 12 saturated carbocycles. The molecular formula is C77H105F2NO14S3. The number of phenolic OH excluding ortho intramolecular Hbond substituents is 1. The van der Waals surface area contributed by atoms with Crippen molar-refractivity contribution in [1.82, 2.24) is 0 Å². The Hall–Kier alpha value is -5.31. The maximum absolute atomic E-state index is 13.3. The molecule has 20 heteroatoms. The molecule has 0 spiro atoms. The summed E-state index contributed by atoms with van der Waals surface area (Å²) in [6, 6.07) is 18.4. The van der Waals surface area contributed by atoms with Crippen molar-refractivity contribution in [3.05, 3.63) is 96.6 Å². The fourth-order valence-corrected chi connectivity index (χ4v) is 23.0. The van der Waals surface area contributed by atoms with Crippen LogP contribution in [-0.2, 0) is 53.4 Å². The monoisotopic (exact) mass is 1400 g/mol. The van der Waals surface area contributed by atoms with Crippen LogP contribution in [0.25, 0.3) is 0 Å². The topological polar surface area (TPSA) is 245 Å². The first-order valence-electron chi connectivity index (χ1n) is 36.0. The highest BCUT2D eigenvalue weighted by molar-refractivity contribution is 7.92. The maximum atomic E-state index is 13.3. The van der Waals surface area contributed by atoms with Crippen molar-refractivity contribution in [3.8, 4) is 17.2 Å². The molecule has 3 aromatic rings. The molecule has 6 bridgehead atoms. The summed E-state index contributed by atoms with van der Waals surface area (Å²) in [6.07, 6.45) is 29.2. The summed E-state index contributed by atoms with van der Waals surface area (Å²) in [6.45, 7) is 5.38. The van der Waals surface area contributed by atoms with Crippen LogP contribution in [0.1, 0.15) is 226 Å². The Morgan fingerprint density at radius 3 is 1.01 bits per heavy atom. The van der Waals surface area contributed by atoms with Crippen LogP contribution in [0, 0.1) is 50.2 Å². The van der Waals surface area contributed by atoms with Gasteiger partial charge in [0.15, 0.2) is 29.5 Å². The van der Waals surface area contributed by atoms with Crippen molar-refractivity contribution in [3.63, 3.8) is 0 Å². The molecule has 12 aliphatic carbocycles. The molecule has 0 atom stereocenters. The normalized spacial score (nSPS) is 28.1. The summed E-state index contributed by atoms with van der Waals surface area (Å²) in [4.78, 5) is 51.7. The number of phenols is 1. The lowest BCUT2D eigenvalue weighted by Crippen LogP contribution is -2.48. The molecule has 0 radical (unpaired) electrons. The van der Waals surface area contributed by atoms with E-state index in [4.69, 9.17) is 19.9 Å². The van der Waals surface area contributed by atoms with Gasteiger partial charge in [0.1, 0.15) is 53.4 Å². The number of carbonyl (C=O) groups is 4. The number of esters is 1. The molecule has 97 heavy (non-hydrogen) atoms. The Morgan fingerprint density at radius 2 is 0.753 bits per heavy atom. The Labute approximate surface area is 575 Å². The largest absolute Gasteiger partial charge is 0.508 e. The number of halogens is 2. The molecule has 12 aliphatic rings. The van der Waals surface area contributed by atoms with Crippen molar-refractivity contribution in [1.29, 1.82) is 0 Å². The van der Waals surface area contributed by atoms with Gasteiger partial charge in [-0.25, -0.2) is 34.0 Å². The van der Waals surface area contributed by atoms with Crippen LogP contribution in [-0.4, -0.2) is 96.3 Å². The molecular weight excluding hydrogens is 1300 g/mol. The fourth-order valence-electron chi connectivity index (χ4n) is 17.1. The van der Waals surface area contributed by atoms with Crippen molar-refractivity contribution >= 4 is 52.8 Å². The maximum Gasteiger partial charge on any atom is 0.306 e. The molecule has 3 aromatic carbocycles. The quantitative estimate of drug-likeness (QED) is 0.0642. The first-order chi connectivity index (χ1) is 46.0. The van der Waals surface area contributed by atoms with E-state index in [2.05, 4.69) is 0 Å². The van der Waals surface area contributed by atoms with E-state index in [0.717, 1.165) is 128 Å². The van der Waals surface area contributed by atoms with E-state index in [0.29, 0.717) is 76.8 Å². The summed E-state index contributed by atoms with van der Waals surface area (Å²) < 4.78 is 121. The Kier molecular flexibility index (Phi) is 23.4. The van der Waals surface area contributed by atoms with Gasteiger partial charge in [-0.2, -0.15) is 0 Å². The third kappa shape index (κ3) is 18.3. The van der Waals surface area contributed by atoms with Crippen molar-refractivity contribution < 1.29 is 72.5 Å². The number of hydrogen-bond acceptors (Lipinski definition) is 15. The van der Waals surface area contributed by atoms with Crippen LogP contribution >= 0.6 is 0 Å². The molecule has 15 rings (SSSR count). The summed E-state index contributed by atoms with van der Waals surface area (Å²) in [5, 5.41) is 9.39. The van der Waals surface area contributed by atoms with Gasteiger partial charge in [-0.3, -0.25) is 19.2 Å². The number of carbonyl (C=O) groups excluding carboxylic acids is 4. The smallest absolute Gasteiger partial charge is 0.306 e. The molecule has 12 fully saturated rings. The lowest BCUT2D eigenvalue weighted by atomic mass is 9.52. The summed E-state index contributed by atoms with van der Waals surface area (Å²) in [7, 11) is -10.3. The lowest BCUT2D eigenvalue weighted by Gasteiger charge is -2.53. The summed E-state index contributed by atoms with van der Waals surface area (Å²) in [5.41, 5.74) is 4.28. The number of Topliss-reactive ketones (excluding diaryl/α,β-unsaturated/α-hetero) is 3.